The van der Waals surface area contributed by atoms with E-state index in [9.17, 15) is 0 Å². The summed E-state index contributed by atoms with van der Waals surface area (Å²) in [5.74, 6) is 0.872. The van der Waals surface area contributed by atoms with Gasteiger partial charge in [0.15, 0.2) is 0 Å². The van der Waals surface area contributed by atoms with E-state index in [1.54, 1.807) is 0 Å². The van der Waals surface area contributed by atoms with Crippen LogP contribution in [0.5, 0.6) is 0 Å². The molecule has 4 rings (SSSR count). The normalized spacial score (nSPS) is 19.1. The summed E-state index contributed by atoms with van der Waals surface area (Å²) in [7, 11) is -0.334. The van der Waals surface area contributed by atoms with Crippen molar-refractivity contribution in [2.24, 2.45) is 0 Å². The number of hydrogen-bond donors (Lipinski definition) is 1. The molecule has 1 fully saturated rings. The topological polar surface area (TPSA) is 47.1 Å². The fourth-order valence-corrected chi connectivity index (χ4v) is 2.87. The van der Waals surface area contributed by atoms with Crippen molar-refractivity contribution >= 4 is 23.6 Å². The second-order valence-electron chi connectivity index (χ2n) is 7.31. The summed E-state index contributed by atoms with van der Waals surface area (Å²) in [5, 5.41) is 0. The first-order valence-corrected chi connectivity index (χ1v) is 8.26. The molecule has 1 N–H and O–H groups in total. The standard InChI is InChI=1S/C19H21BN2O2/c1-18(2)19(3,4)24-20(23-18)14-11-9-13(10-12-14)17-21-15-7-5-6-8-16(15)22-17/h5-12H,1-4H3,(H,21,22). The van der Waals surface area contributed by atoms with Gasteiger partial charge in [0.25, 0.3) is 0 Å². The van der Waals surface area contributed by atoms with Crippen LogP contribution in [0.1, 0.15) is 27.7 Å². The van der Waals surface area contributed by atoms with Gasteiger partial charge in [-0.15, -0.1) is 0 Å². The number of aromatic amines is 1. The Bertz CT molecular complexity index is 835. The van der Waals surface area contributed by atoms with Crippen molar-refractivity contribution in [3.05, 3.63) is 48.5 Å². The van der Waals surface area contributed by atoms with Crippen LogP contribution in [0.15, 0.2) is 48.5 Å². The third kappa shape index (κ3) is 2.45. The Hall–Kier alpha value is -2.11. The molecule has 5 heteroatoms. The lowest BCUT2D eigenvalue weighted by atomic mass is 9.79. The van der Waals surface area contributed by atoms with Gasteiger partial charge < -0.3 is 14.3 Å². The first-order chi connectivity index (χ1) is 11.4. The van der Waals surface area contributed by atoms with Crippen molar-refractivity contribution in [2.45, 2.75) is 38.9 Å². The number of H-pyrrole nitrogens is 1. The van der Waals surface area contributed by atoms with Gasteiger partial charge in [0.1, 0.15) is 5.82 Å². The van der Waals surface area contributed by atoms with Gasteiger partial charge in [0, 0.05) is 5.56 Å². The van der Waals surface area contributed by atoms with Crippen LogP contribution < -0.4 is 5.46 Å². The summed E-state index contributed by atoms with van der Waals surface area (Å²) in [4.78, 5) is 7.99. The van der Waals surface area contributed by atoms with Crippen molar-refractivity contribution in [3.8, 4) is 11.4 Å². The first-order valence-electron chi connectivity index (χ1n) is 8.26. The maximum atomic E-state index is 6.10. The van der Waals surface area contributed by atoms with E-state index in [1.165, 1.54) is 0 Å². The van der Waals surface area contributed by atoms with Crippen LogP contribution >= 0.6 is 0 Å². The molecule has 1 aromatic heterocycles. The largest absolute Gasteiger partial charge is 0.494 e. The summed E-state index contributed by atoms with van der Waals surface area (Å²) < 4.78 is 12.2. The quantitative estimate of drug-likeness (QED) is 0.735. The van der Waals surface area contributed by atoms with Crippen molar-refractivity contribution in [1.82, 2.24) is 9.97 Å². The second-order valence-corrected chi connectivity index (χ2v) is 7.31. The van der Waals surface area contributed by atoms with Crippen LogP contribution in [-0.4, -0.2) is 28.3 Å². The van der Waals surface area contributed by atoms with Gasteiger partial charge in [-0.1, -0.05) is 36.4 Å². The summed E-state index contributed by atoms with van der Waals surface area (Å²) >= 11 is 0. The van der Waals surface area contributed by atoms with Crippen LogP contribution in [0.3, 0.4) is 0 Å². The molecule has 0 spiro atoms. The summed E-state index contributed by atoms with van der Waals surface area (Å²) in [5.41, 5.74) is 3.44. The highest BCUT2D eigenvalue weighted by Gasteiger charge is 2.51. The fraction of sp³-hybridized carbons (Fsp3) is 0.316. The summed E-state index contributed by atoms with van der Waals surface area (Å²) in [6, 6.07) is 16.2. The Kier molecular flexibility index (Phi) is 3.34. The summed E-state index contributed by atoms with van der Waals surface area (Å²) in [6.45, 7) is 8.26. The predicted octanol–water partition coefficient (Wildman–Crippen LogP) is 3.53. The van der Waals surface area contributed by atoms with Gasteiger partial charge in [-0.05, 0) is 45.3 Å². The molecular weight excluding hydrogens is 299 g/mol. The average molecular weight is 320 g/mol. The zero-order chi connectivity index (χ0) is 16.9. The Morgan fingerprint density at radius 1 is 0.875 bits per heavy atom. The SMILES string of the molecule is CC1(C)OB(c2ccc(-c3nc4ccccc4[nH]3)cc2)OC1(C)C. The zero-order valence-corrected chi connectivity index (χ0v) is 14.5. The van der Waals surface area contributed by atoms with Crippen LogP contribution in [0.4, 0.5) is 0 Å². The number of imidazole rings is 1. The Labute approximate surface area is 142 Å². The molecule has 0 saturated carbocycles. The van der Waals surface area contributed by atoms with Crippen LogP contribution in [-0.2, 0) is 9.31 Å². The van der Waals surface area contributed by atoms with Gasteiger partial charge in [0.2, 0.25) is 0 Å². The molecule has 0 atom stereocenters. The lowest BCUT2D eigenvalue weighted by Crippen LogP contribution is -2.41. The molecule has 0 aliphatic carbocycles. The average Bonchev–Trinajstić information content (AvgIpc) is 3.06. The molecular formula is C19H21BN2O2. The zero-order valence-electron chi connectivity index (χ0n) is 14.5. The number of rotatable bonds is 2. The van der Waals surface area contributed by atoms with E-state index in [0.717, 1.165) is 27.9 Å². The lowest BCUT2D eigenvalue weighted by Gasteiger charge is -2.32. The minimum atomic E-state index is -0.334. The lowest BCUT2D eigenvalue weighted by molar-refractivity contribution is 0.00578. The minimum absolute atomic E-state index is 0.324. The molecule has 0 radical (unpaired) electrons. The molecule has 2 aromatic carbocycles. The number of nitrogens with one attached hydrogen (secondary N) is 1. The molecule has 24 heavy (non-hydrogen) atoms. The highest BCUT2D eigenvalue weighted by molar-refractivity contribution is 6.62. The molecule has 0 amide bonds. The van der Waals surface area contributed by atoms with E-state index in [4.69, 9.17) is 9.31 Å². The van der Waals surface area contributed by atoms with Gasteiger partial charge in [0.05, 0.1) is 22.2 Å². The number of hydrogen-bond acceptors (Lipinski definition) is 3. The van der Waals surface area contributed by atoms with Crippen LogP contribution in [0.2, 0.25) is 0 Å². The fourth-order valence-electron chi connectivity index (χ4n) is 2.87. The molecule has 3 aromatic rings. The molecule has 4 nitrogen and oxygen atoms in total. The van der Waals surface area contributed by atoms with Crippen molar-refractivity contribution in [1.29, 1.82) is 0 Å². The number of benzene rings is 2. The molecule has 1 aliphatic heterocycles. The van der Waals surface area contributed by atoms with E-state index < -0.39 is 0 Å². The highest BCUT2D eigenvalue weighted by atomic mass is 16.7. The maximum Gasteiger partial charge on any atom is 0.494 e. The van der Waals surface area contributed by atoms with Gasteiger partial charge in [-0.3, -0.25) is 0 Å². The first kappa shape index (κ1) is 15.4. The van der Waals surface area contributed by atoms with Crippen LogP contribution in [0, 0.1) is 0 Å². The monoisotopic (exact) mass is 320 g/mol. The van der Waals surface area contributed by atoms with Gasteiger partial charge in [-0.2, -0.15) is 0 Å². The van der Waals surface area contributed by atoms with Crippen molar-refractivity contribution in [2.75, 3.05) is 0 Å². The van der Waals surface area contributed by atoms with Gasteiger partial charge >= 0.3 is 7.12 Å². The molecule has 0 unspecified atom stereocenters. The van der Waals surface area contributed by atoms with Gasteiger partial charge in [-0.25, -0.2) is 4.98 Å². The molecule has 122 valence electrons. The van der Waals surface area contributed by atoms with Crippen molar-refractivity contribution in [3.63, 3.8) is 0 Å². The van der Waals surface area contributed by atoms with E-state index in [1.807, 2.05) is 36.4 Å². The van der Waals surface area contributed by atoms with E-state index in [-0.39, 0.29) is 18.3 Å². The van der Waals surface area contributed by atoms with E-state index in [0.29, 0.717) is 0 Å². The summed E-state index contributed by atoms with van der Waals surface area (Å²) in [6.07, 6.45) is 0. The molecule has 1 aliphatic rings. The maximum absolute atomic E-state index is 6.10. The van der Waals surface area contributed by atoms with E-state index in [2.05, 4.69) is 49.8 Å². The molecule has 1 saturated heterocycles. The Morgan fingerprint density at radius 2 is 1.50 bits per heavy atom. The Balaban J connectivity index is 1.61. The second kappa shape index (κ2) is 5.20. The predicted molar refractivity (Wildman–Crippen MR) is 97.2 cm³/mol. The minimum Gasteiger partial charge on any atom is -0.399 e. The van der Waals surface area contributed by atoms with Crippen LogP contribution in [0.25, 0.3) is 22.4 Å². The van der Waals surface area contributed by atoms with Crippen molar-refractivity contribution < 1.29 is 9.31 Å². The number of nitrogens with zero attached hydrogens (tertiary/aromatic N) is 1. The third-order valence-corrected chi connectivity index (χ3v) is 5.10. The Morgan fingerprint density at radius 3 is 2.12 bits per heavy atom. The number of fused-ring (bicyclic) bond motifs is 1. The highest BCUT2D eigenvalue weighted by Crippen LogP contribution is 2.36. The number of para-hydroxylation sites is 2. The third-order valence-electron chi connectivity index (χ3n) is 5.10. The molecule has 2 heterocycles. The van der Waals surface area contributed by atoms with E-state index >= 15 is 0 Å². The number of aromatic nitrogens is 2. The molecule has 0 bridgehead atoms. The smallest absolute Gasteiger partial charge is 0.399 e.